The largest absolute Gasteiger partial charge is 0.463 e. The third-order valence-electron chi connectivity index (χ3n) is 2.68. The van der Waals surface area contributed by atoms with Crippen molar-refractivity contribution in [3.63, 3.8) is 0 Å². The minimum Gasteiger partial charge on any atom is -0.344 e. The summed E-state index contributed by atoms with van der Waals surface area (Å²) in [6.07, 6.45) is -5.98. The van der Waals surface area contributed by atoms with E-state index in [0.717, 1.165) is 6.07 Å². The monoisotopic (exact) mass is 299 g/mol. The Hall–Kier alpha value is -1.73. The van der Waals surface area contributed by atoms with Crippen LogP contribution in [0.5, 0.6) is 0 Å². The molecule has 112 valence electrons. The first-order valence-electron chi connectivity index (χ1n) is 5.48. The first-order valence-corrected chi connectivity index (χ1v) is 5.48. The summed E-state index contributed by atoms with van der Waals surface area (Å²) in [4.78, 5) is 11.0. The number of amides is 1. The number of nitrogens with one attached hydrogen (secondary N) is 1. The van der Waals surface area contributed by atoms with Crippen molar-refractivity contribution < 1.29 is 31.1 Å². The zero-order chi connectivity index (χ0) is 15.7. The predicted molar refractivity (Wildman–Crippen MR) is 58.7 cm³/mol. The number of hydrogen-bond donors (Lipinski definition) is 1. The highest BCUT2D eigenvalue weighted by Crippen LogP contribution is 2.36. The first-order chi connectivity index (χ1) is 8.96. The summed E-state index contributed by atoms with van der Waals surface area (Å²) < 4.78 is 74.7. The highest BCUT2D eigenvalue weighted by atomic mass is 19.4. The molecule has 0 bridgehead atoms. The zero-order valence-corrected chi connectivity index (χ0v) is 10.5. The van der Waals surface area contributed by atoms with Crippen LogP contribution >= 0.6 is 0 Å². The van der Waals surface area contributed by atoms with Crippen molar-refractivity contribution in [1.82, 2.24) is 5.32 Å². The van der Waals surface area contributed by atoms with Crippen LogP contribution in [0.2, 0.25) is 0 Å². The van der Waals surface area contributed by atoms with Crippen LogP contribution in [0, 0.1) is 12.7 Å². The molecule has 0 fully saturated rings. The van der Waals surface area contributed by atoms with Gasteiger partial charge in [-0.2, -0.15) is 22.0 Å². The third kappa shape index (κ3) is 3.23. The van der Waals surface area contributed by atoms with Gasteiger partial charge < -0.3 is 5.32 Å². The molecule has 1 rings (SSSR count). The molecule has 8 heteroatoms. The molecule has 0 aromatic heterocycles. The Morgan fingerprint density at radius 1 is 1.20 bits per heavy atom. The van der Waals surface area contributed by atoms with Crippen molar-refractivity contribution >= 4 is 5.91 Å². The maximum atomic E-state index is 13.3. The van der Waals surface area contributed by atoms with E-state index in [0.29, 0.717) is 0 Å². The molecule has 1 atom stereocenters. The smallest absolute Gasteiger partial charge is 0.344 e. The van der Waals surface area contributed by atoms with E-state index in [1.54, 1.807) is 0 Å². The number of carbonyl (C=O) groups is 1. The topological polar surface area (TPSA) is 29.1 Å². The van der Waals surface area contributed by atoms with Crippen LogP contribution in [0.3, 0.4) is 0 Å². The lowest BCUT2D eigenvalue weighted by Gasteiger charge is -2.22. The Morgan fingerprint density at radius 3 is 2.20 bits per heavy atom. The minimum atomic E-state index is -5.98. The number of alkyl halides is 5. The van der Waals surface area contributed by atoms with Gasteiger partial charge in [0, 0.05) is 0 Å². The minimum absolute atomic E-state index is 0.0828. The lowest BCUT2D eigenvalue weighted by molar-refractivity contribution is -0.270. The van der Waals surface area contributed by atoms with Crippen molar-refractivity contribution in [3.8, 4) is 0 Å². The molecule has 0 heterocycles. The Morgan fingerprint density at radius 2 is 1.75 bits per heavy atom. The fourth-order valence-electron chi connectivity index (χ4n) is 1.38. The van der Waals surface area contributed by atoms with Crippen LogP contribution in [0.15, 0.2) is 18.2 Å². The van der Waals surface area contributed by atoms with Gasteiger partial charge in [0.2, 0.25) is 0 Å². The maximum absolute atomic E-state index is 13.3. The van der Waals surface area contributed by atoms with Gasteiger partial charge in [-0.25, -0.2) is 4.39 Å². The lowest BCUT2D eigenvalue weighted by atomic mass is 10.1. The van der Waals surface area contributed by atoms with Gasteiger partial charge in [-0.1, -0.05) is 12.1 Å². The van der Waals surface area contributed by atoms with Crippen molar-refractivity contribution in [1.29, 1.82) is 0 Å². The maximum Gasteiger partial charge on any atom is 0.463 e. The molecule has 20 heavy (non-hydrogen) atoms. The summed E-state index contributed by atoms with van der Waals surface area (Å²) in [7, 11) is 0. The Balaban J connectivity index is 2.88. The van der Waals surface area contributed by atoms with Crippen molar-refractivity contribution in [3.05, 3.63) is 35.1 Å². The van der Waals surface area contributed by atoms with Crippen molar-refractivity contribution in [2.45, 2.75) is 32.0 Å². The van der Waals surface area contributed by atoms with Crippen LogP contribution in [-0.4, -0.2) is 18.0 Å². The first kappa shape index (κ1) is 16.3. The summed E-state index contributed by atoms with van der Waals surface area (Å²) in [5, 5.41) is 1.51. The zero-order valence-electron chi connectivity index (χ0n) is 10.5. The molecule has 1 unspecified atom stereocenters. The van der Waals surface area contributed by atoms with Gasteiger partial charge in [0.25, 0.3) is 0 Å². The fraction of sp³-hybridized carbons (Fsp3) is 0.417. The quantitative estimate of drug-likeness (QED) is 0.850. The molecule has 1 N–H and O–H groups in total. The summed E-state index contributed by atoms with van der Waals surface area (Å²) in [6, 6.07) is 2.43. The second-order valence-electron chi connectivity index (χ2n) is 4.28. The van der Waals surface area contributed by atoms with Gasteiger partial charge >= 0.3 is 18.0 Å². The van der Waals surface area contributed by atoms with E-state index in [2.05, 4.69) is 0 Å². The van der Waals surface area contributed by atoms with E-state index in [1.165, 1.54) is 31.3 Å². The van der Waals surface area contributed by atoms with Crippen LogP contribution < -0.4 is 5.32 Å². The molecule has 0 saturated carbocycles. The molecule has 2 nitrogen and oxygen atoms in total. The van der Waals surface area contributed by atoms with Gasteiger partial charge in [0.05, 0.1) is 6.04 Å². The van der Waals surface area contributed by atoms with Crippen LogP contribution in [-0.2, 0) is 4.79 Å². The number of carbonyl (C=O) groups excluding carboxylic acids is 1. The number of aryl methyl sites for hydroxylation is 1. The molecule has 0 saturated heterocycles. The molecule has 0 aliphatic carbocycles. The number of benzene rings is 1. The second-order valence-corrected chi connectivity index (χ2v) is 4.28. The van der Waals surface area contributed by atoms with Gasteiger partial charge in [0.1, 0.15) is 5.82 Å². The van der Waals surface area contributed by atoms with E-state index in [9.17, 15) is 31.1 Å². The molecule has 0 radical (unpaired) electrons. The normalized spacial score (nSPS) is 14.0. The third-order valence-corrected chi connectivity index (χ3v) is 2.68. The molecule has 0 aliphatic heterocycles. The highest BCUT2D eigenvalue weighted by molar-refractivity contribution is 5.84. The van der Waals surface area contributed by atoms with E-state index < -0.39 is 29.9 Å². The van der Waals surface area contributed by atoms with Gasteiger partial charge in [0.15, 0.2) is 0 Å². The summed E-state index contributed by atoms with van der Waals surface area (Å²) >= 11 is 0. The van der Waals surface area contributed by atoms with E-state index in [4.69, 9.17) is 0 Å². The van der Waals surface area contributed by atoms with E-state index >= 15 is 0 Å². The van der Waals surface area contributed by atoms with Gasteiger partial charge in [-0.05, 0) is 31.0 Å². The molecule has 0 aliphatic rings. The predicted octanol–water partition coefficient (Wildman–Crippen LogP) is 3.51. The average Bonchev–Trinajstić information content (AvgIpc) is 2.30. The van der Waals surface area contributed by atoms with Gasteiger partial charge in [-0.3, -0.25) is 4.79 Å². The molecule has 1 amide bonds. The average molecular weight is 299 g/mol. The molecular formula is C12H11F6NO. The molecule has 0 spiro atoms. The molecular weight excluding hydrogens is 288 g/mol. The van der Waals surface area contributed by atoms with Crippen molar-refractivity contribution in [2.75, 3.05) is 0 Å². The Labute approximate surface area is 110 Å². The Bertz CT molecular complexity index is 511. The lowest BCUT2D eigenvalue weighted by Crippen LogP contribution is -2.50. The van der Waals surface area contributed by atoms with E-state index in [1.807, 2.05) is 0 Å². The summed E-state index contributed by atoms with van der Waals surface area (Å²) in [5.41, 5.74) is 0.368. The second kappa shape index (κ2) is 5.34. The van der Waals surface area contributed by atoms with Crippen LogP contribution in [0.4, 0.5) is 26.3 Å². The standard InChI is InChI=1S/C12H11F6NO/c1-6-3-4-8(5-9(6)13)7(2)19-10(20)11(14,15)12(16,17)18/h3-5,7H,1-2H3,(H,19,20). The van der Waals surface area contributed by atoms with E-state index in [-0.39, 0.29) is 11.1 Å². The molecule has 1 aromatic carbocycles. The molecule has 1 aromatic rings. The number of hydrogen-bond acceptors (Lipinski definition) is 1. The SMILES string of the molecule is Cc1ccc(C(C)NC(=O)C(F)(F)C(F)(F)F)cc1F. The summed E-state index contributed by atoms with van der Waals surface area (Å²) in [5.74, 6) is -8.62. The summed E-state index contributed by atoms with van der Waals surface area (Å²) in [6.45, 7) is 2.63. The fourth-order valence-corrected chi connectivity index (χ4v) is 1.38. The van der Waals surface area contributed by atoms with Crippen molar-refractivity contribution in [2.24, 2.45) is 0 Å². The van der Waals surface area contributed by atoms with Crippen LogP contribution in [0.25, 0.3) is 0 Å². The van der Waals surface area contributed by atoms with Crippen LogP contribution in [0.1, 0.15) is 24.1 Å². The highest BCUT2D eigenvalue weighted by Gasteiger charge is 2.63. The van der Waals surface area contributed by atoms with Gasteiger partial charge in [-0.15, -0.1) is 0 Å². The number of rotatable bonds is 3. The number of halogens is 6. The Kier molecular flexibility index (Phi) is 4.36.